The molecule has 9 heteroatoms. The zero-order valence-corrected chi connectivity index (χ0v) is 15.5. The molecule has 9 nitrogen and oxygen atoms in total. The molecule has 2 amide bonds. The molecular formula is C19H20N6O3. The quantitative estimate of drug-likeness (QED) is 0.863. The first-order valence-electron chi connectivity index (χ1n) is 8.91. The Morgan fingerprint density at radius 2 is 1.71 bits per heavy atom. The molecule has 0 radical (unpaired) electrons. The van der Waals surface area contributed by atoms with Gasteiger partial charge >= 0.3 is 6.09 Å². The van der Waals surface area contributed by atoms with Crippen molar-refractivity contribution in [3.8, 4) is 6.07 Å². The van der Waals surface area contributed by atoms with Crippen LogP contribution in [0.5, 0.6) is 0 Å². The van der Waals surface area contributed by atoms with E-state index in [1.54, 1.807) is 41.0 Å². The van der Waals surface area contributed by atoms with Crippen LogP contribution in [0, 0.1) is 11.3 Å². The Morgan fingerprint density at radius 3 is 2.29 bits per heavy atom. The number of amides is 2. The number of hydrogen-bond acceptors (Lipinski definition) is 7. The zero-order chi connectivity index (χ0) is 19.9. The van der Waals surface area contributed by atoms with Crippen LogP contribution in [0.3, 0.4) is 0 Å². The number of rotatable bonds is 4. The van der Waals surface area contributed by atoms with E-state index in [0.29, 0.717) is 49.9 Å². The molecule has 1 aromatic carbocycles. The first-order chi connectivity index (χ1) is 13.6. The third-order valence-corrected chi connectivity index (χ3v) is 4.26. The van der Waals surface area contributed by atoms with Crippen LogP contribution in [-0.4, -0.2) is 64.6 Å². The second-order valence-corrected chi connectivity index (χ2v) is 6.09. The number of hydrogen-bond donors (Lipinski definition) is 1. The van der Waals surface area contributed by atoms with Crippen molar-refractivity contribution in [1.82, 2.24) is 19.8 Å². The highest BCUT2D eigenvalue weighted by Crippen LogP contribution is 2.14. The van der Waals surface area contributed by atoms with E-state index in [9.17, 15) is 9.59 Å². The van der Waals surface area contributed by atoms with E-state index in [-0.39, 0.29) is 12.0 Å². The number of anilines is 2. The lowest BCUT2D eigenvalue weighted by atomic mass is 10.2. The normalized spacial score (nSPS) is 13.6. The highest BCUT2D eigenvalue weighted by Gasteiger charge is 2.25. The van der Waals surface area contributed by atoms with Gasteiger partial charge in [-0.1, -0.05) is 0 Å². The molecule has 1 saturated heterocycles. The minimum Gasteiger partial charge on any atom is -0.450 e. The maximum absolute atomic E-state index is 12.6. The molecule has 1 N–H and O–H groups in total. The van der Waals surface area contributed by atoms with Gasteiger partial charge in [-0.2, -0.15) is 5.26 Å². The molecule has 0 atom stereocenters. The predicted octanol–water partition coefficient (Wildman–Crippen LogP) is 2.01. The topological polar surface area (TPSA) is 111 Å². The van der Waals surface area contributed by atoms with E-state index in [1.807, 2.05) is 0 Å². The monoisotopic (exact) mass is 380 g/mol. The van der Waals surface area contributed by atoms with Gasteiger partial charge in [0.2, 0.25) is 5.95 Å². The summed E-state index contributed by atoms with van der Waals surface area (Å²) in [6.45, 7) is 3.83. The van der Waals surface area contributed by atoms with Gasteiger partial charge in [-0.15, -0.1) is 0 Å². The van der Waals surface area contributed by atoms with Gasteiger partial charge in [-0.3, -0.25) is 4.79 Å². The second kappa shape index (κ2) is 8.81. The lowest BCUT2D eigenvalue weighted by Crippen LogP contribution is -2.50. The van der Waals surface area contributed by atoms with E-state index < -0.39 is 0 Å². The van der Waals surface area contributed by atoms with Crippen LogP contribution >= 0.6 is 0 Å². The molecule has 0 aliphatic carbocycles. The van der Waals surface area contributed by atoms with E-state index in [4.69, 9.17) is 10.00 Å². The van der Waals surface area contributed by atoms with Gasteiger partial charge in [0.15, 0.2) is 0 Å². The molecule has 0 bridgehead atoms. The molecule has 1 fully saturated rings. The summed E-state index contributed by atoms with van der Waals surface area (Å²) in [5.41, 5.74) is 1.69. The Labute approximate surface area is 162 Å². The summed E-state index contributed by atoms with van der Waals surface area (Å²) in [5.74, 6) is 0.182. The summed E-state index contributed by atoms with van der Waals surface area (Å²) in [7, 11) is 0. The maximum atomic E-state index is 12.6. The zero-order valence-electron chi connectivity index (χ0n) is 15.5. The van der Waals surface area contributed by atoms with Crippen molar-refractivity contribution >= 4 is 23.6 Å². The number of carbonyl (C=O) groups excluding carboxylic acids is 2. The fourth-order valence-corrected chi connectivity index (χ4v) is 2.75. The fraction of sp³-hybridized carbons (Fsp3) is 0.316. The van der Waals surface area contributed by atoms with Gasteiger partial charge in [0, 0.05) is 44.3 Å². The van der Waals surface area contributed by atoms with Gasteiger partial charge in [-0.05, 0) is 31.2 Å². The van der Waals surface area contributed by atoms with Crippen LogP contribution in [-0.2, 0) is 4.74 Å². The van der Waals surface area contributed by atoms with Crippen molar-refractivity contribution in [2.24, 2.45) is 0 Å². The molecule has 1 aromatic heterocycles. The summed E-state index contributed by atoms with van der Waals surface area (Å²) < 4.78 is 4.98. The van der Waals surface area contributed by atoms with Gasteiger partial charge in [-0.25, -0.2) is 14.8 Å². The van der Waals surface area contributed by atoms with Gasteiger partial charge in [0.1, 0.15) is 0 Å². The number of ether oxygens (including phenoxy) is 1. The molecule has 3 rings (SSSR count). The largest absolute Gasteiger partial charge is 0.450 e. The lowest BCUT2D eigenvalue weighted by molar-refractivity contribution is 0.0570. The van der Waals surface area contributed by atoms with E-state index >= 15 is 0 Å². The van der Waals surface area contributed by atoms with Crippen LogP contribution < -0.4 is 5.32 Å². The Morgan fingerprint density at radius 1 is 1.11 bits per heavy atom. The predicted molar refractivity (Wildman–Crippen MR) is 101 cm³/mol. The van der Waals surface area contributed by atoms with Gasteiger partial charge in [0.25, 0.3) is 5.91 Å². The van der Waals surface area contributed by atoms with E-state index in [2.05, 4.69) is 21.4 Å². The van der Waals surface area contributed by atoms with Crippen molar-refractivity contribution in [2.75, 3.05) is 38.1 Å². The van der Waals surface area contributed by atoms with Crippen molar-refractivity contribution in [3.05, 3.63) is 47.8 Å². The summed E-state index contributed by atoms with van der Waals surface area (Å²) in [6.07, 6.45) is 2.59. The van der Waals surface area contributed by atoms with Crippen molar-refractivity contribution in [1.29, 1.82) is 5.26 Å². The first-order valence-corrected chi connectivity index (χ1v) is 8.91. The number of nitrogens with zero attached hydrogens (tertiary/aromatic N) is 5. The van der Waals surface area contributed by atoms with E-state index in [0.717, 1.165) is 5.69 Å². The molecule has 2 heterocycles. The Balaban J connectivity index is 1.56. The molecule has 144 valence electrons. The average molecular weight is 380 g/mol. The second-order valence-electron chi connectivity index (χ2n) is 6.09. The Hall–Kier alpha value is -3.67. The highest BCUT2D eigenvalue weighted by atomic mass is 16.6. The highest BCUT2D eigenvalue weighted by molar-refractivity contribution is 5.93. The smallest absolute Gasteiger partial charge is 0.409 e. The average Bonchev–Trinajstić information content (AvgIpc) is 2.74. The molecule has 0 spiro atoms. The third-order valence-electron chi connectivity index (χ3n) is 4.26. The van der Waals surface area contributed by atoms with Crippen LogP contribution in [0.15, 0.2) is 36.7 Å². The summed E-state index contributed by atoms with van der Waals surface area (Å²) >= 11 is 0. The molecular weight excluding hydrogens is 360 g/mol. The van der Waals surface area contributed by atoms with Crippen molar-refractivity contribution in [3.63, 3.8) is 0 Å². The minimum absolute atomic E-state index is 0.173. The number of nitriles is 1. The lowest BCUT2D eigenvalue weighted by Gasteiger charge is -2.33. The minimum atomic E-state index is -0.351. The number of carbonyl (C=O) groups is 2. The molecule has 1 aliphatic heterocycles. The van der Waals surface area contributed by atoms with Crippen LogP contribution in [0.25, 0.3) is 0 Å². The number of aromatic nitrogens is 2. The third kappa shape index (κ3) is 4.54. The van der Waals surface area contributed by atoms with Gasteiger partial charge in [0.05, 0.1) is 23.8 Å². The van der Waals surface area contributed by atoms with Crippen LogP contribution in [0.1, 0.15) is 22.8 Å². The molecule has 1 aliphatic rings. The number of benzene rings is 1. The first kappa shape index (κ1) is 19.1. The molecule has 0 unspecified atom stereocenters. The maximum Gasteiger partial charge on any atom is 0.409 e. The van der Waals surface area contributed by atoms with E-state index in [1.165, 1.54) is 12.4 Å². The Bertz CT molecular complexity index is 868. The molecule has 2 aromatic rings. The number of piperazine rings is 1. The van der Waals surface area contributed by atoms with Crippen molar-refractivity contribution < 1.29 is 14.3 Å². The van der Waals surface area contributed by atoms with Crippen molar-refractivity contribution in [2.45, 2.75) is 6.92 Å². The Kier molecular flexibility index (Phi) is 6.01. The molecule has 28 heavy (non-hydrogen) atoms. The molecule has 0 saturated carbocycles. The van der Waals surface area contributed by atoms with Crippen LogP contribution in [0.4, 0.5) is 16.4 Å². The summed E-state index contributed by atoms with van der Waals surface area (Å²) in [4.78, 5) is 35.9. The summed E-state index contributed by atoms with van der Waals surface area (Å²) in [5, 5.41) is 11.8. The summed E-state index contributed by atoms with van der Waals surface area (Å²) in [6, 6.07) is 8.94. The SMILES string of the molecule is CCOC(=O)N1CCN(C(=O)c2cnc(Nc3ccc(C#N)cc3)nc2)CC1. The van der Waals surface area contributed by atoms with Crippen LogP contribution in [0.2, 0.25) is 0 Å². The standard InChI is InChI=1S/C19H20N6O3/c1-2-28-19(27)25-9-7-24(8-10-25)17(26)15-12-21-18(22-13-15)23-16-5-3-14(11-20)4-6-16/h3-6,12-13H,2,7-10H2,1H3,(H,21,22,23). The fourth-order valence-electron chi connectivity index (χ4n) is 2.75. The number of nitrogens with one attached hydrogen (secondary N) is 1. The van der Waals surface area contributed by atoms with Gasteiger partial charge < -0.3 is 19.9 Å².